The van der Waals surface area contributed by atoms with Crippen molar-refractivity contribution in [3.63, 3.8) is 0 Å². The molecule has 2 aromatic carbocycles. The number of anilines is 1. The first-order chi connectivity index (χ1) is 10.1. The van der Waals surface area contributed by atoms with E-state index in [1.807, 2.05) is 0 Å². The van der Waals surface area contributed by atoms with E-state index in [4.69, 9.17) is 16.3 Å². The lowest BCUT2D eigenvalue weighted by atomic mass is 10.1. The Morgan fingerprint density at radius 3 is 2.52 bits per heavy atom. The molecule has 0 radical (unpaired) electrons. The van der Waals surface area contributed by atoms with Crippen LogP contribution in [0.2, 0.25) is 5.02 Å². The second-order valence-corrected chi connectivity index (χ2v) is 4.55. The van der Waals surface area contributed by atoms with Gasteiger partial charge in [0.25, 0.3) is 0 Å². The van der Waals surface area contributed by atoms with E-state index >= 15 is 0 Å². The second-order valence-electron chi connectivity index (χ2n) is 4.12. The number of carboxylic acid groups (broad SMARTS) is 1. The number of aliphatic carboxylic acids is 1. The average Bonchev–Trinajstić information content (AvgIpc) is 2.48. The van der Waals surface area contributed by atoms with Crippen LogP contribution in [0.5, 0.6) is 5.75 Å². The first-order valence-corrected chi connectivity index (χ1v) is 6.45. The van der Waals surface area contributed by atoms with E-state index in [0.717, 1.165) is 0 Å². The molecule has 21 heavy (non-hydrogen) atoms. The molecule has 0 aromatic heterocycles. The second kappa shape index (κ2) is 6.76. The third-order valence-electron chi connectivity index (χ3n) is 2.69. The number of benzene rings is 2. The first-order valence-electron chi connectivity index (χ1n) is 6.07. The number of hydrazone groups is 1. The largest absolute Gasteiger partial charge is 0.497 e. The minimum atomic E-state index is -1.14. The van der Waals surface area contributed by atoms with Crippen LogP contribution >= 0.6 is 11.6 Å². The summed E-state index contributed by atoms with van der Waals surface area (Å²) in [6.45, 7) is 0. The van der Waals surface area contributed by atoms with Crippen molar-refractivity contribution in [3.05, 3.63) is 59.1 Å². The van der Waals surface area contributed by atoms with Crippen molar-refractivity contribution in [2.45, 2.75) is 0 Å². The zero-order chi connectivity index (χ0) is 15.2. The van der Waals surface area contributed by atoms with Gasteiger partial charge in [-0.2, -0.15) is 5.10 Å². The van der Waals surface area contributed by atoms with Gasteiger partial charge in [-0.05, 0) is 36.4 Å². The van der Waals surface area contributed by atoms with Gasteiger partial charge in [-0.1, -0.05) is 23.7 Å². The van der Waals surface area contributed by atoms with E-state index in [9.17, 15) is 9.90 Å². The Morgan fingerprint density at radius 1 is 1.24 bits per heavy atom. The molecular formula is C15H13ClN2O3. The van der Waals surface area contributed by atoms with Crippen molar-refractivity contribution in [1.82, 2.24) is 0 Å². The van der Waals surface area contributed by atoms with E-state index in [0.29, 0.717) is 22.0 Å². The highest BCUT2D eigenvalue weighted by Gasteiger charge is 2.13. The third-order valence-corrected chi connectivity index (χ3v) is 2.92. The minimum Gasteiger partial charge on any atom is -0.497 e. The Balaban J connectivity index is 2.23. The molecule has 2 N–H and O–H groups in total. The number of carbonyl (C=O) groups is 1. The lowest BCUT2D eigenvalue weighted by Crippen LogP contribution is -2.16. The predicted molar refractivity (Wildman–Crippen MR) is 82.2 cm³/mol. The van der Waals surface area contributed by atoms with E-state index in [1.165, 1.54) is 0 Å². The normalized spacial score (nSPS) is 11.0. The van der Waals surface area contributed by atoms with Crippen LogP contribution in [0.25, 0.3) is 0 Å². The maximum absolute atomic E-state index is 11.3. The monoisotopic (exact) mass is 304 g/mol. The molecule has 0 aliphatic carbocycles. The molecule has 0 saturated carbocycles. The highest BCUT2D eigenvalue weighted by molar-refractivity contribution is 6.43. The van der Waals surface area contributed by atoms with Crippen molar-refractivity contribution in [3.8, 4) is 5.75 Å². The smallest absolute Gasteiger partial charge is 0.356 e. The number of halogens is 1. The number of rotatable bonds is 5. The van der Waals surface area contributed by atoms with Gasteiger partial charge in [-0.25, -0.2) is 4.79 Å². The highest BCUT2D eigenvalue weighted by Crippen LogP contribution is 2.16. The summed E-state index contributed by atoms with van der Waals surface area (Å²) >= 11 is 5.86. The van der Waals surface area contributed by atoms with Crippen LogP contribution < -0.4 is 10.2 Å². The van der Waals surface area contributed by atoms with E-state index in [-0.39, 0.29) is 5.71 Å². The number of ether oxygens (including phenoxy) is 1. The van der Waals surface area contributed by atoms with Crippen LogP contribution in [0.1, 0.15) is 5.56 Å². The van der Waals surface area contributed by atoms with Crippen molar-refractivity contribution >= 4 is 29.0 Å². The van der Waals surface area contributed by atoms with Crippen LogP contribution in [0.3, 0.4) is 0 Å². The molecule has 108 valence electrons. The fraction of sp³-hybridized carbons (Fsp3) is 0.0667. The summed E-state index contributed by atoms with van der Waals surface area (Å²) in [5.41, 5.74) is 3.66. The highest BCUT2D eigenvalue weighted by atomic mass is 35.5. The fourth-order valence-corrected chi connectivity index (χ4v) is 1.85. The van der Waals surface area contributed by atoms with Crippen LogP contribution in [0, 0.1) is 0 Å². The van der Waals surface area contributed by atoms with Crippen molar-refractivity contribution in [2.75, 3.05) is 12.5 Å². The molecule has 0 heterocycles. The van der Waals surface area contributed by atoms with Gasteiger partial charge in [-0.15, -0.1) is 0 Å². The van der Waals surface area contributed by atoms with Crippen molar-refractivity contribution < 1.29 is 14.6 Å². The molecule has 0 unspecified atom stereocenters. The van der Waals surface area contributed by atoms with Crippen LogP contribution in [0.15, 0.2) is 53.6 Å². The first kappa shape index (κ1) is 14.9. The van der Waals surface area contributed by atoms with Crippen molar-refractivity contribution in [2.24, 2.45) is 5.10 Å². The van der Waals surface area contributed by atoms with Gasteiger partial charge in [0.2, 0.25) is 0 Å². The summed E-state index contributed by atoms with van der Waals surface area (Å²) in [4.78, 5) is 11.3. The van der Waals surface area contributed by atoms with Crippen molar-refractivity contribution in [1.29, 1.82) is 0 Å². The summed E-state index contributed by atoms with van der Waals surface area (Å²) in [5.74, 6) is -0.434. The Kier molecular flexibility index (Phi) is 4.79. The lowest BCUT2D eigenvalue weighted by molar-refractivity contribution is -0.129. The zero-order valence-corrected chi connectivity index (χ0v) is 12.0. The Hall–Kier alpha value is -2.53. The number of nitrogens with one attached hydrogen (secondary N) is 1. The molecule has 0 amide bonds. The molecule has 0 fully saturated rings. The molecule has 6 heteroatoms. The molecule has 0 bridgehead atoms. The number of hydrogen-bond acceptors (Lipinski definition) is 4. The van der Waals surface area contributed by atoms with Gasteiger partial charge in [-0.3, -0.25) is 5.43 Å². The summed E-state index contributed by atoms with van der Waals surface area (Å²) in [6.07, 6.45) is 0. The lowest BCUT2D eigenvalue weighted by Gasteiger charge is -2.05. The minimum absolute atomic E-state index is 0.117. The molecule has 0 aliphatic rings. The van der Waals surface area contributed by atoms with Gasteiger partial charge in [0, 0.05) is 10.6 Å². The average molecular weight is 305 g/mol. The molecule has 0 atom stereocenters. The topological polar surface area (TPSA) is 70.9 Å². The fourth-order valence-electron chi connectivity index (χ4n) is 1.66. The number of hydrogen-bond donors (Lipinski definition) is 2. The van der Waals surface area contributed by atoms with Gasteiger partial charge in [0.05, 0.1) is 12.8 Å². The maximum Gasteiger partial charge on any atom is 0.356 e. The van der Waals surface area contributed by atoms with Gasteiger partial charge >= 0.3 is 5.97 Å². The van der Waals surface area contributed by atoms with Crippen LogP contribution in [-0.2, 0) is 4.79 Å². The summed E-state index contributed by atoms with van der Waals surface area (Å²) in [5, 5.41) is 13.6. The van der Waals surface area contributed by atoms with E-state index in [1.54, 1.807) is 55.6 Å². The number of nitrogens with zero attached hydrogens (tertiary/aromatic N) is 1. The molecular weight excluding hydrogens is 292 g/mol. The molecule has 5 nitrogen and oxygen atoms in total. The predicted octanol–water partition coefficient (Wildman–Crippen LogP) is 3.25. The van der Waals surface area contributed by atoms with Gasteiger partial charge in [0.15, 0.2) is 5.71 Å². The molecule has 0 aliphatic heterocycles. The third kappa shape index (κ3) is 3.97. The Bertz CT molecular complexity index is 669. The van der Waals surface area contributed by atoms with Crippen LogP contribution in [-0.4, -0.2) is 23.9 Å². The maximum atomic E-state index is 11.3. The quantitative estimate of drug-likeness (QED) is 0.657. The Labute approximate surface area is 126 Å². The van der Waals surface area contributed by atoms with E-state index in [2.05, 4.69) is 10.5 Å². The van der Waals surface area contributed by atoms with E-state index < -0.39 is 5.97 Å². The van der Waals surface area contributed by atoms with Crippen LogP contribution in [0.4, 0.5) is 5.69 Å². The molecule has 2 aromatic rings. The number of methoxy groups -OCH3 is 1. The molecule has 0 saturated heterocycles. The van der Waals surface area contributed by atoms with Gasteiger partial charge in [0.1, 0.15) is 5.75 Å². The summed E-state index contributed by atoms with van der Waals surface area (Å²) in [6, 6.07) is 13.5. The standard InChI is InChI=1S/C15H13ClN2O3/c1-21-13-7-5-12(6-8-13)17-18-14(15(19)20)10-3-2-4-11(16)9-10/h2-9,17H,1H3,(H,19,20)/b18-14-. The number of carboxylic acids is 1. The zero-order valence-electron chi connectivity index (χ0n) is 11.2. The SMILES string of the molecule is COc1ccc(N/N=C(\C(=O)O)c2cccc(Cl)c2)cc1. The molecule has 2 rings (SSSR count). The summed E-state index contributed by atoms with van der Waals surface area (Å²) in [7, 11) is 1.57. The van der Waals surface area contributed by atoms with Gasteiger partial charge < -0.3 is 9.84 Å². The Morgan fingerprint density at radius 2 is 1.95 bits per heavy atom. The summed E-state index contributed by atoms with van der Waals surface area (Å²) < 4.78 is 5.04. The molecule has 0 spiro atoms.